The van der Waals surface area contributed by atoms with Crippen LogP contribution in [-0.4, -0.2) is 44.0 Å². The van der Waals surface area contributed by atoms with E-state index in [1.54, 1.807) is 37.4 Å². The van der Waals surface area contributed by atoms with Crippen LogP contribution in [0.4, 0.5) is 10.2 Å². The lowest BCUT2D eigenvalue weighted by Crippen LogP contribution is -2.59. The number of halogens is 1. The Labute approximate surface area is 211 Å². The molecule has 1 aliphatic rings. The number of benzene rings is 1. The highest BCUT2D eigenvalue weighted by Gasteiger charge is 2.42. The maximum atomic E-state index is 15.0. The van der Waals surface area contributed by atoms with Crippen molar-refractivity contribution in [3.05, 3.63) is 85.0 Å². The van der Waals surface area contributed by atoms with E-state index in [0.717, 1.165) is 0 Å². The summed E-state index contributed by atoms with van der Waals surface area (Å²) in [6.45, 7) is 5.87. The van der Waals surface area contributed by atoms with Gasteiger partial charge in [0.2, 0.25) is 5.91 Å². The molecule has 1 saturated heterocycles. The van der Waals surface area contributed by atoms with E-state index in [4.69, 9.17) is 15.2 Å². The van der Waals surface area contributed by atoms with E-state index < -0.39 is 11.4 Å². The Morgan fingerprint density at radius 1 is 1.16 bits per heavy atom. The third-order valence-corrected chi connectivity index (χ3v) is 5.84. The molecular formula is C26H22FN7O3. The van der Waals surface area contributed by atoms with E-state index in [-0.39, 0.29) is 23.5 Å². The lowest BCUT2D eigenvalue weighted by atomic mass is 9.91. The summed E-state index contributed by atoms with van der Waals surface area (Å²) in [5, 5.41) is 2.88. The Morgan fingerprint density at radius 3 is 2.62 bits per heavy atom. The van der Waals surface area contributed by atoms with Crippen LogP contribution in [0.5, 0.6) is 11.8 Å². The second kappa shape index (κ2) is 9.70. The first-order chi connectivity index (χ1) is 17.9. The number of nitrogens with two attached hydrogens (primary N) is 1. The molecule has 0 saturated carbocycles. The van der Waals surface area contributed by atoms with Gasteiger partial charge in [0.05, 0.1) is 30.2 Å². The number of anilines is 1. The maximum Gasteiger partial charge on any atom is 0.322 e. The van der Waals surface area contributed by atoms with Gasteiger partial charge in [-0.3, -0.25) is 9.78 Å². The Balaban J connectivity index is 1.46. The summed E-state index contributed by atoms with van der Waals surface area (Å²) in [4.78, 5) is 33.1. The summed E-state index contributed by atoms with van der Waals surface area (Å²) in [7, 11) is 0. The van der Waals surface area contributed by atoms with Crippen LogP contribution >= 0.6 is 0 Å². The molecule has 37 heavy (non-hydrogen) atoms. The van der Waals surface area contributed by atoms with Gasteiger partial charge in [-0.25, -0.2) is 24.3 Å². The van der Waals surface area contributed by atoms with E-state index >= 15 is 4.39 Å². The molecule has 11 heteroatoms. The molecule has 0 atom stereocenters. The number of amides is 1. The zero-order chi connectivity index (χ0) is 26.0. The van der Waals surface area contributed by atoms with E-state index in [2.05, 4.69) is 36.8 Å². The van der Waals surface area contributed by atoms with E-state index in [0.29, 0.717) is 47.0 Å². The van der Waals surface area contributed by atoms with Crippen molar-refractivity contribution in [1.82, 2.24) is 30.2 Å². The first kappa shape index (κ1) is 23.9. The van der Waals surface area contributed by atoms with Crippen molar-refractivity contribution in [2.45, 2.75) is 12.5 Å². The average Bonchev–Trinajstić information content (AvgIpc) is 2.87. The number of aromatic nitrogens is 5. The molecule has 1 amide bonds. The first-order valence-corrected chi connectivity index (χ1v) is 11.3. The fourth-order valence-corrected chi connectivity index (χ4v) is 3.91. The molecule has 4 aromatic rings. The van der Waals surface area contributed by atoms with Crippen molar-refractivity contribution in [3.8, 4) is 34.1 Å². The molecular weight excluding hydrogens is 477 g/mol. The quantitative estimate of drug-likeness (QED) is 0.367. The van der Waals surface area contributed by atoms with E-state index in [1.165, 1.54) is 30.7 Å². The summed E-state index contributed by atoms with van der Waals surface area (Å²) in [6.07, 6.45) is 5.68. The average molecular weight is 500 g/mol. The van der Waals surface area contributed by atoms with Gasteiger partial charge in [0.25, 0.3) is 0 Å². The second-order valence-corrected chi connectivity index (χ2v) is 8.41. The molecule has 0 radical (unpaired) electrons. The Hall–Kier alpha value is -4.77. The number of ether oxygens (including phenoxy) is 2. The predicted octanol–water partition coefficient (Wildman–Crippen LogP) is 3.35. The monoisotopic (exact) mass is 499 g/mol. The third-order valence-electron chi connectivity index (χ3n) is 5.84. The largest absolute Gasteiger partial charge is 0.421 e. The summed E-state index contributed by atoms with van der Waals surface area (Å²) in [6, 6.07) is 9.75. The van der Waals surface area contributed by atoms with Gasteiger partial charge >= 0.3 is 6.01 Å². The summed E-state index contributed by atoms with van der Waals surface area (Å²) < 4.78 is 25.9. The topological polar surface area (TPSA) is 138 Å². The van der Waals surface area contributed by atoms with Crippen LogP contribution in [0, 0.1) is 12.7 Å². The first-order valence-electron chi connectivity index (χ1n) is 11.3. The van der Waals surface area contributed by atoms with Gasteiger partial charge in [-0.2, -0.15) is 0 Å². The van der Waals surface area contributed by atoms with Gasteiger partial charge in [-0.1, -0.05) is 12.6 Å². The number of nitrogen functional groups attached to an aromatic ring is 1. The molecule has 3 N–H and O–H groups in total. The Bertz CT molecular complexity index is 1490. The zero-order valence-electron chi connectivity index (χ0n) is 19.8. The standard InChI is InChI=1S/C26H22FN7O3/c1-3-21(35)34-26(12-36-13-26)20-7-5-17(11-30-20)23-22(24(28)32-14-31-23)16-4-6-19(18(27)10-16)37-25-29-9-8-15(2)33-25/h3-11,14H,1,12-13H2,2H3,(H,34,35)(H2,28,31,32). The molecule has 186 valence electrons. The smallest absolute Gasteiger partial charge is 0.322 e. The van der Waals surface area contributed by atoms with Crippen LogP contribution in [0.3, 0.4) is 0 Å². The lowest BCUT2D eigenvalue weighted by molar-refractivity contribution is -0.129. The normalized spacial score (nSPS) is 13.9. The van der Waals surface area contributed by atoms with Gasteiger partial charge in [-0.05, 0) is 48.9 Å². The van der Waals surface area contributed by atoms with Gasteiger partial charge in [-0.15, -0.1) is 0 Å². The Morgan fingerprint density at radius 2 is 1.97 bits per heavy atom. The van der Waals surface area contributed by atoms with Crippen molar-refractivity contribution in [2.75, 3.05) is 18.9 Å². The number of nitrogens with one attached hydrogen (secondary N) is 1. The fourth-order valence-electron chi connectivity index (χ4n) is 3.91. The zero-order valence-corrected chi connectivity index (χ0v) is 19.8. The molecule has 4 heterocycles. The highest BCUT2D eigenvalue weighted by atomic mass is 19.1. The molecule has 1 aliphatic heterocycles. The van der Waals surface area contributed by atoms with Crippen molar-refractivity contribution in [3.63, 3.8) is 0 Å². The van der Waals surface area contributed by atoms with Crippen LogP contribution in [0.15, 0.2) is 67.8 Å². The van der Waals surface area contributed by atoms with Gasteiger partial charge < -0.3 is 20.5 Å². The fraction of sp³-hybridized carbons (Fsp3) is 0.154. The van der Waals surface area contributed by atoms with Crippen molar-refractivity contribution in [1.29, 1.82) is 0 Å². The minimum Gasteiger partial charge on any atom is -0.421 e. The molecule has 0 aliphatic carbocycles. The number of nitrogens with zero attached hydrogens (tertiary/aromatic N) is 5. The van der Waals surface area contributed by atoms with Crippen LogP contribution in [-0.2, 0) is 15.1 Å². The third kappa shape index (κ3) is 4.71. The van der Waals surface area contributed by atoms with Crippen LogP contribution in [0.1, 0.15) is 11.4 Å². The minimum atomic E-state index is -0.725. The molecule has 0 spiro atoms. The van der Waals surface area contributed by atoms with Gasteiger partial charge in [0, 0.05) is 23.7 Å². The predicted molar refractivity (Wildman–Crippen MR) is 133 cm³/mol. The molecule has 5 rings (SSSR count). The summed E-state index contributed by atoms with van der Waals surface area (Å²) in [5.41, 5.74) is 8.79. The Kier molecular flexibility index (Phi) is 6.28. The minimum absolute atomic E-state index is 0.0353. The number of hydrogen-bond acceptors (Lipinski definition) is 9. The van der Waals surface area contributed by atoms with Crippen molar-refractivity contribution in [2.24, 2.45) is 0 Å². The number of hydrogen-bond donors (Lipinski definition) is 2. The van der Waals surface area contributed by atoms with Crippen LogP contribution < -0.4 is 15.8 Å². The molecule has 10 nitrogen and oxygen atoms in total. The van der Waals surface area contributed by atoms with E-state index in [9.17, 15) is 4.79 Å². The SMILES string of the molecule is C=CC(=O)NC1(c2ccc(-c3ncnc(N)c3-c3ccc(Oc4nccc(C)n4)c(F)c3)cn2)COC1. The number of rotatable bonds is 7. The van der Waals surface area contributed by atoms with Gasteiger partial charge in [0.1, 0.15) is 17.7 Å². The second-order valence-electron chi connectivity index (χ2n) is 8.41. The molecule has 0 bridgehead atoms. The number of aryl methyl sites for hydroxylation is 1. The van der Waals surface area contributed by atoms with Crippen LogP contribution in [0.25, 0.3) is 22.4 Å². The summed E-state index contributed by atoms with van der Waals surface area (Å²) >= 11 is 0. The van der Waals surface area contributed by atoms with Crippen LogP contribution in [0.2, 0.25) is 0 Å². The molecule has 3 aromatic heterocycles. The summed E-state index contributed by atoms with van der Waals surface area (Å²) in [5.74, 6) is -0.809. The number of pyridine rings is 1. The van der Waals surface area contributed by atoms with Gasteiger partial charge in [0.15, 0.2) is 11.6 Å². The molecule has 1 fully saturated rings. The number of carbonyl (C=O) groups is 1. The van der Waals surface area contributed by atoms with Crippen molar-refractivity contribution >= 4 is 11.7 Å². The van der Waals surface area contributed by atoms with E-state index in [1.807, 2.05) is 0 Å². The highest BCUT2D eigenvalue weighted by molar-refractivity contribution is 5.88. The highest BCUT2D eigenvalue weighted by Crippen LogP contribution is 2.37. The molecule has 1 aromatic carbocycles. The molecule has 0 unspecified atom stereocenters. The number of carbonyl (C=O) groups excluding carboxylic acids is 1. The maximum absolute atomic E-state index is 15.0. The lowest BCUT2D eigenvalue weighted by Gasteiger charge is -2.41. The van der Waals surface area contributed by atoms with Crippen molar-refractivity contribution < 1.29 is 18.7 Å².